The van der Waals surface area contributed by atoms with Gasteiger partial charge in [-0.25, -0.2) is 0 Å². The van der Waals surface area contributed by atoms with E-state index in [0.29, 0.717) is 13.0 Å². The van der Waals surface area contributed by atoms with E-state index in [1.54, 1.807) is 0 Å². The van der Waals surface area contributed by atoms with Crippen LogP contribution in [-0.2, 0) is 4.74 Å². The molecule has 104 valence electrons. The van der Waals surface area contributed by atoms with Crippen LogP contribution in [0.4, 0.5) is 0 Å². The molecule has 2 nitrogen and oxygen atoms in total. The maximum atomic E-state index is 8.32. The van der Waals surface area contributed by atoms with Gasteiger partial charge >= 0.3 is 0 Å². The van der Waals surface area contributed by atoms with Crippen LogP contribution >= 0.6 is 0 Å². The molecule has 0 aliphatic heterocycles. The second-order valence-electron chi connectivity index (χ2n) is 4.71. The highest BCUT2D eigenvalue weighted by molar-refractivity contribution is 4.76. The molecule has 0 rings (SSSR count). The lowest BCUT2D eigenvalue weighted by Gasteiger charge is -2.02. The van der Waals surface area contributed by atoms with Gasteiger partial charge < -0.3 is 4.74 Å². The molecular formula is C16H29NO. The van der Waals surface area contributed by atoms with Crippen molar-refractivity contribution in [1.82, 2.24) is 0 Å². The first-order valence-corrected chi connectivity index (χ1v) is 7.47. The zero-order valence-corrected chi connectivity index (χ0v) is 12.0. The van der Waals surface area contributed by atoms with Crippen molar-refractivity contribution in [2.45, 2.75) is 71.1 Å². The summed E-state index contributed by atoms with van der Waals surface area (Å²) in [6.07, 6.45) is 16.8. The highest BCUT2D eigenvalue weighted by Gasteiger charge is 1.92. The first-order valence-electron chi connectivity index (χ1n) is 7.47. The Morgan fingerprint density at radius 3 is 2.11 bits per heavy atom. The van der Waals surface area contributed by atoms with Crippen molar-refractivity contribution in [2.75, 3.05) is 13.2 Å². The number of allylic oxidation sites excluding steroid dienone is 2. The summed E-state index contributed by atoms with van der Waals surface area (Å²) < 4.78 is 5.33. The number of hydrogen-bond donors (Lipinski definition) is 0. The Labute approximate surface area is 113 Å². The Hall–Kier alpha value is -0.810. The summed E-state index contributed by atoms with van der Waals surface area (Å²) in [5, 5.41) is 8.32. The minimum absolute atomic E-state index is 0.521. The van der Waals surface area contributed by atoms with Crippen LogP contribution in [0.2, 0.25) is 0 Å². The van der Waals surface area contributed by atoms with Gasteiger partial charge in [0.25, 0.3) is 0 Å². The summed E-state index contributed by atoms with van der Waals surface area (Å²) in [5.74, 6) is 0. The molecular weight excluding hydrogens is 222 g/mol. The fraction of sp³-hybridized carbons (Fsp3) is 0.812. The summed E-state index contributed by atoms with van der Waals surface area (Å²) in [4.78, 5) is 0. The molecule has 0 atom stereocenters. The van der Waals surface area contributed by atoms with Crippen LogP contribution in [0, 0.1) is 11.3 Å². The molecule has 0 aliphatic carbocycles. The van der Waals surface area contributed by atoms with E-state index in [2.05, 4.69) is 25.1 Å². The molecule has 0 aliphatic rings. The molecule has 0 saturated carbocycles. The SMILES string of the molecule is C/C=C/CCCCCCCCCCOCCC#N. The topological polar surface area (TPSA) is 33.0 Å². The molecule has 0 N–H and O–H groups in total. The van der Waals surface area contributed by atoms with Crippen LogP contribution in [0.5, 0.6) is 0 Å². The average Bonchev–Trinajstić information content (AvgIpc) is 2.39. The normalized spacial score (nSPS) is 10.9. The third-order valence-electron chi connectivity index (χ3n) is 3.00. The molecule has 0 aromatic heterocycles. The molecule has 0 saturated heterocycles. The van der Waals surface area contributed by atoms with Crippen LogP contribution < -0.4 is 0 Å². The number of unbranched alkanes of at least 4 members (excludes halogenated alkanes) is 8. The molecule has 2 heteroatoms. The van der Waals surface area contributed by atoms with Crippen molar-refractivity contribution in [3.63, 3.8) is 0 Å². The summed E-state index contributed by atoms with van der Waals surface area (Å²) in [5.41, 5.74) is 0. The predicted molar refractivity (Wildman–Crippen MR) is 77.4 cm³/mol. The highest BCUT2D eigenvalue weighted by Crippen LogP contribution is 2.10. The molecule has 0 spiro atoms. The van der Waals surface area contributed by atoms with Gasteiger partial charge in [-0.05, 0) is 26.2 Å². The van der Waals surface area contributed by atoms with Crippen LogP contribution in [0.25, 0.3) is 0 Å². The van der Waals surface area contributed by atoms with E-state index in [9.17, 15) is 0 Å². The van der Waals surface area contributed by atoms with E-state index in [4.69, 9.17) is 10.00 Å². The predicted octanol–water partition coefficient (Wildman–Crippen LogP) is 5.00. The van der Waals surface area contributed by atoms with Gasteiger partial charge in [0.05, 0.1) is 19.1 Å². The lowest BCUT2D eigenvalue weighted by atomic mass is 10.1. The first kappa shape index (κ1) is 17.2. The van der Waals surface area contributed by atoms with E-state index >= 15 is 0 Å². The highest BCUT2D eigenvalue weighted by atomic mass is 16.5. The van der Waals surface area contributed by atoms with Crippen molar-refractivity contribution in [1.29, 1.82) is 5.26 Å². The minimum Gasteiger partial charge on any atom is -0.380 e. The van der Waals surface area contributed by atoms with Crippen molar-refractivity contribution in [3.8, 4) is 6.07 Å². The molecule has 0 aromatic rings. The Bertz CT molecular complexity index is 218. The van der Waals surface area contributed by atoms with E-state index in [1.807, 2.05) is 0 Å². The van der Waals surface area contributed by atoms with Gasteiger partial charge in [-0.3, -0.25) is 0 Å². The zero-order valence-electron chi connectivity index (χ0n) is 12.0. The van der Waals surface area contributed by atoms with E-state index in [1.165, 1.54) is 51.4 Å². The van der Waals surface area contributed by atoms with Crippen molar-refractivity contribution in [3.05, 3.63) is 12.2 Å². The Morgan fingerprint density at radius 2 is 1.50 bits per heavy atom. The van der Waals surface area contributed by atoms with Crippen LogP contribution in [0.15, 0.2) is 12.2 Å². The van der Waals surface area contributed by atoms with E-state index in [-0.39, 0.29) is 0 Å². The number of nitrogens with zero attached hydrogens (tertiary/aromatic N) is 1. The van der Waals surface area contributed by atoms with Crippen LogP contribution in [0.3, 0.4) is 0 Å². The lowest BCUT2D eigenvalue weighted by molar-refractivity contribution is 0.135. The monoisotopic (exact) mass is 251 g/mol. The second-order valence-corrected chi connectivity index (χ2v) is 4.71. The van der Waals surface area contributed by atoms with Gasteiger partial charge in [0, 0.05) is 6.61 Å². The van der Waals surface area contributed by atoms with Gasteiger partial charge in [-0.1, -0.05) is 50.7 Å². The molecule has 0 heterocycles. The maximum absolute atomic E-state index is 8.32. The largest absolute Gasteiger partial charge is 0.380 e. The molecule has 0 bridgehead atoms. The van der Waals surface area contributed by atoms with Gasteiger partial charge in [-0.2, -0.15) is 5.26 Å². The molecule has 0 fully saturated rings. The number of nitriles is 1. The molecule has 0 amide bonds. The van der Waals surface area contributed by atoms with Crippen LogP contribution in [0.1, 0.15) is 71.1 Å². The average molecular weight is 251 g/mol. The Kier molecular flexibility index (Phi) is 15.5. The van der Waals surface area contributed by atoms with Gasteiger partial charge in [0.1, 0.15) is 0 Å². The number of ether oxygens (including phenoxy) is 1. The standard InChI is InChI=1S/C16H29NO/c1-2-3-4-5-6-7-8-9-10-11-12-15-18-16-13-14-17/h2-3H,4-13,15-16H2,1H3/b3-2+. The summed E-state index contributed by atoms with van der Waals surface area (Å²) >= 11 is 0. The van der Waals surface area contributed by atoms with Crippen molar-refractivity contribution < 1.29 is 4.74 Å². The quantitative estimate of drug-likeness (QED) is 0.341. The maximum Gasteiger partial charge on any atom is 0.0645 e. The van der Waals surface area contributed by atoms with E-state index in [0.717, 1.165) is 13.0 Å². The Morgan fingerprint density at radius 1 is 0.889 bits per heavy atom. The van der Waals surface area contributed by atoms with Crippen LogP contribution in [-0.4, -0.2) is 13.2 Å². The first-order chi connectivity index (χ1) is 8.91. The van der Waals surface area contributed by atoms with E-state index < -0.39 is 0 Å². The Balaban J connectivity index is 2.93. The lowest BCUT2D eigenvalue weighted by Crippen LogP contribution is -1.95. The van der Waals surface area contributed by atoms with Gasteiger partial charge in [0.15, 0.2) is 0 Å². The summed E-state index contributed by atoms with van der Waals surface area (Å²) in [6, 6.07) is 2.08. The van der Waals surface area contributed by atoms with Gasteiger partial charge in [-0.15, -0.1) is 0 Å². The molecule has 0 unspecified atom stereocenters. The molecule has 0 radical (unpaired) electrons. The third-order valence-corrected chi connectivity index (χ3v) is 3.00. The van der Waals surface area contributed by atoms with Gasteiger partial charge in [0.2, 0.25) is 0 Å². The van der Waals surface area contributed by atoms with Crippen molar-refractivity contribution in [2.24, 2.45) is 0 Å². The second kappa shape index (κ2) is 16.2. The fourth-order valence-electron chi connectivity index (χ4n) is 1.91. The molecule has 0 aromatic carbocycles. The summed E-state index contributed by atoms with van der Waals surface area (Å²) in [7, 11) is 0. The third kappa shape index (κ3) is 15.2. The number of hydrogen-bond acceptors (Lipinski definition) is 2. The zero-order chi connectivity index (χ0) is 13.3. The van der Waals surface area contributed by atoms with Crippen molar-refractivity contribution >= 4 is 0 Å². The number of rotatable bonds is 13. The fourth-order valence-corrected chi connectivity index (χ4v) is 1.91. The smallest absolute Gasteiger partial charge is 0.0645 e. The summed E-state index contributed by atoms with van der Waals surface area (Å²) in [6.45, 7) is 3.51. The molecule has 18 heavy (non-hydrogen) atoms. The minimum atomic E-state index is 0.521.